The Balaban J connectivity index is 2.16. The van der Waals surface area contributed by atoms with Crippen molar-refractivity contribution in [1.82, 2.24) is 0 Å². The lowest BCUT2D eigenvalue weighted by Crippen LogP contribution is -2.30. The Kier molecular flexibility index (Phi) is 3.28. The minimum atomic E-state index is -0.214. The summed E-state index contributed by atoms with van der Waals surface area (Å²) in [6.45, 7) is 4.05. The van der Waals surface area contributed by atoms with Crippen LogP contribution in [0, 0.1) is 13.8 Å². The topological polar surface area (TPSA) is 26.3 Å². The summed E-state index contributed by atoms with van der Waals surface area (Å²) in [6.07, 6.45) is 3.45. The van der Waals surface area contributed by atoms with Crippen molar-refractivity contribution in [1.29, 1.82) is 0 Å². The third kappa shape index (κ3) is 2.26. The summed E-state index contributed by atoms with van der Waals surface area (Å²) in [5, 5.41) is 0. The second-order valence-electron chi connectivity index (χ2n) is 4.54. The largest absolute Gasteiger partial charge is 0.482 e. The van der Waals surface area contributed by atoms with E-state index in [-0.39, 0.29) is 11.9 Å². The Hall–Kier alpha value is -1.31. The highest BCUT2D eigenvalue weighted by Gasteiger charge is 2.24. The minimum absolute atomic E-state index is 0.214. The summed E-state index contributed by atoms with van der Waals surface area (Å²) >= 11 is 0. The van der Waals surface area contributed by atoms with Crippen LogP contribution in [-0.2, 0) is 4.79 Å². The van der Waals surface area contributed by atoms with Crippen LogP contribution in [0.4, 0.5) is 0 Å². The van der Waals surface area contributed by atoms with Gasteiger partial charge in [-0.15, -0.1) is 0 Å². The van der Waals surface area contributed by atoms with Crippen LogP contribution in [0.1, 0.15) is 36.8 Å². The molecular weight excluding hydrogens is 200 g/mol. The van der Waals surface area contributed by atoms with E-state index in [0.717, 1.165) is 36.1 Å². The van der Waals surface area contributed by atoms with Gasteiger partial charge in [0.25, 0.3) is 0 Å². The zero-order valence-corrected chi connectivity index (χ0v) is 9.95. The number of rotatable bonds is 2. The molecule has 0 bridgehead atoms. The summed E-state index contributed by atoms with van der Waals surface area (Å²) < 4.78 is 5.88. The minimum Gasteiger partial charge on any atom is -0.482 e. The van der Waals surface area contributed by atoms with Crippen LogP contribution in [0.5, 0.6) is 5.75 Å². The van der Waals surface area contributed by atoms with Crippen molar-refractivity contribution >= 4 is 5.78 Å². The van der Waals surface area contributed by atoms with Crippen molar-refractivity contribution in [2.75, 3.05) is 0 Å². The monoisotopic (exact) mass is 218 g/mol. The number of ketones is 1. The first-order chi connectivity index (χ1) is 7.68. The smallest absolute Gasteiger partial charge is 0.173 e. The zero-order valence-electron chi connectivity index (χ0n) is 9.95. The number of hydrogen-bond donors (Lipinski definition) is 0. The second-order valence-corrected chi connectivity index (χ2v) is 4.54. The summed E-state index contributed by atoms with van der Waals surface area (Å²) in [5.74, 6) is 1.15. The molecule has 1 aliphatic carbocycles. The van der Waals surface area contributed by atoms with Crippen LogP contribution < -0.4 is 4.74 Å². The van der Waals surface area contributed by atoms with Gasteiger partial charge in [-0.1, -0.05) is 18.2 Å². The number of Topliss-reactive ketones (excluding diaryl/α,β-unsaturated/α-hetero) is 1. The molecule has 0 unspecified atom stereocenters. The second kappa shape index (κ2) is 4.69. The molecule has 2 nitrogen and oxygen atoms in total. The van der Waals surface area contributed by atoms with E-state index in [4.69, 9.17) is 4.74 Å². The molecule has 1 aromatic rings. The first kappa shape index (κ1) is 11.2. The highest BCUT2D eigenvalue weighted by atomic mass is 16.5. The maximum absolute atomic E-state index is 11.7. The van der Waals surface area contributed by atoms with Gasteiger partial charge in [-0.2, -0.15) is 0 Å². The van der Waals surface area contributed by atoms with Crippen LogP contribution >= 0.6 is 0 Å². The SMILES string of the molecule is Cc1cccc(C)c1O[C@@H]1CCCCC1=O. The lowest BCUT2D eigenvalue weighted by atomic mass is 9.96. The Morgan fingerprint density at radius 1 is 1.19 bits per heavy atom. The van der Waals surface area contributed by atoms with Crippen LogP contribution in [0.25, 0.3) is 0 Å². The van der Waals surface area contributed by atoms with Gasteiger partial charge in [0.05, 0.1) is 0 Å². The molecule has 0 amide bonds. The molecular formula is C14H18O2. The van der Waals surface area contributed by atoms with Gasteiger partial charge < -0.3 is 4.74 Å². The maximum Gasteiger partial charge on any atom is 0.173 e. The van der Waals surface area contributed by atoms with Gasteiger partial charge >= 0.3 is 0 Å². The number of hydrogen-bond acceptors (Lipinski definition) is 2. The summed E-state index contributed by atoms with van der Waals surface area (Å²) in [4.78, 5) is 11.7. The fourth-order valence-corrected chi connectivity index (χ4v) is 2.20. The Labute approximate surface area is 96.6 Å². The van der Waals surface area contributed by atoms with Crippen LogP contribution in [-0.4, -0.2) is 11.9 Å². The van der Waals surface area contributed by atoms with Gasteiger partial charge in [-0.3, -0.25) is 4.79 Å². The van der Waals surface area contributed by atoms with E-state index in [1.807, 2.05) is 32.0 Å². The van der Waals surface area contributed by atoms with Crippen molar-refractivity contribution in [2.24, 2.45) is 0 Å². The third-order valence-electron chi connectivity index (χ3n) is 3.17. The molecule has 0 radical (unpaired) electrons. The molecule has 1 saturated carbocycles. The quantitative estimate of drug-likeness (QED) is 0.762. The van der Waals surface area contributed by atoms with Gasteiger partial charge in [0, 0.05) is 6.42 Å². The molecule has 1 fully saturated rings. The predicted molar refractivity (Wildman–Crippen MR) is 63.8 cm³/mol. The van der Waals surface area contributed by atoms with E-state index >= 15 is 0 Å². The number of carbonyl (C=O) groups excluding carboxylic acids is 1. The first-order valence-corrected chi connectivity index (χ1v) is 5.94. The summed E-state index contributed by atoms with van der Waals surface area (Å²) in [5.41, 5.74) is 2.22. The summed E-state index contributed by atoms with van der Waals surface area (Å²) in [7, 11) is 0. The molecule has 2 rings (SSSR count). The number of para-hydroxylation sites is 1. The van der Waals surface area contributed by atoms with Crippen LogP contribution in [0.3, 0.4) is 0 Å². The van der Waals surface area contributed by atoms with E-state index < -0.39 is 0 Å². The molecule has 1 aromatic carbocycles. The van der Waals surface area contributed by atoms with Crippen molar-refractivity contribution in [2.45, 2.75) is 45.6 Å². The molecule has 0 heterocycles. The fourth-order valence-electron chi connectivity index (χ4n) is 2.20. The number of benzene rings is 1. The van der Waals surface area contributed by atoms with Crippen LogP contribution in [0.15, 0.2) is 18.2 Å². The highest BCUT2D eigenvalue weighted by Crippen LogP contribution is 2.27. The van der Waals surface area contributed by atoms with Gasteiger partial charge in [-0.25, -0.2) is 0 Å². The van der Waals surface area contributed by atoms with E-state index in [0.29, 0.717) is 6.42 Å². The standard InChI is InChI=1S/C14H18O2/c1-10-6-5-7-11(2)14(10)16-13-9-4-3-8-12(13)15/h5-7,13H,3-4,8-9H2,1-2H3/t13-/m1/s1. The zero-order chi connectivity index (χ0) is 11.5. The fraction of sp³-hybridized carbons (Fsp3) is 0.500. The van der Waals surface area contributed by atoms with Crippen molar-refractivity contribution in [3.8, 4) is 5.75 Å². The Morgan fingerprint density at radius 3 is 2.50 bits per heavy atom. The molecule has 0 spiro atoms. The summed E-state index contributed by atoms with van der Waals surface area (Å²) in [6, 6.07) is 6.06. The van der Waals surface area contributed by atoms with Crippen molar-refractivity contribution in [3.05, 3.63) is 29.3 Å². The normalized spacial score (nSPS) is 20.9. The van der Waals surface area contributed by atoms with Gasteiger partial charge in [-0.05, 0) is 44.2 Å². The molecule has 0 saturated heterocycles. The van der Waals surface area contributed by atoms with Crippen molar-refractivity contribution < 1.29 is 9.53 Å². The van der Waals surface area contributed by atoms with E-state index in [1.54, 1.807) is 0 Å². The molecule has 0 N–H and O–H groups in total. The van der Waals surface area contributed by atoms with E-state index in [1.165, 1.54) is 0 Å². The first-order valence-electron chi connectivity index (χ1n) is 5.94. The average Bonchev–Trinajstić information content (AvgIpc) is 2.26. The number of aryl methyl sites for hydroxylation is 2. The van der Waals surface area contributed by atoms with E-state index in [2.05, 4.69) is 0 Å². The van der Waals surface area contributed by atoms with Gasteiger partial charge in [0.1, 0.15) is 5.75 Å². The lowest BCUT2D eigenvalue weighted by Gasteiger charge is -2.23. The third-order valence-corrected chi connectivity index (χ3v) is 3.17. The number of carbonyl (C=O) groups is 1. The molecule has 16 heavy (non-hydrogen) atoms. The molecule has 1 aliphatic rings. The molecule has 0 aliphatic heterocycles. The lowest BCUT2D eigenvalue weighted by molar-refractivity contribution is -0.127. The molecule has 2 heteroatoms. The molecule has 0 aromatic heterocycles. The molecule has 86 valence electrons. The van der Waals surface area contributed by atoms with Crippen LogP contribution in [0.2, 0.25) is 0 Å². The predicted octanol–water partition coefficient (Wildman–Crippen LogP) is 3.19. The highest BCUT2D eigenvalue weighted by molar-refractivity contribution is 5.84. The van der Waals surface area contributed by atoms with E-state index in [9.17, 15) is 4.79 Å². The van der Waals surface area contributed by atoms with Gasteiger partial charge in [0.2, 0.25) is 0 Å². The Bertz CT molecular complexity index is 375. The van der Waals surface area contributed by atoms with Gasteiger partial charge in [0.15, 0.2) is 11.9 Å². The average molecular weight is 218 g/mol. The van der Waals surface area contributed by atoms with Crippen molar-refractivity contribution in [3.63, 3.8) is 0 Å². The number of ether oxygens (including phenoxy) is 1. The Morgan fingerprint density at radius 2 is 1.88 bits per heavy atom. The molecule has 1 atom stereocenters. The maximum atomic E-state index is 11.7.